The lowest BCUT2D eigenvalue weighted by Gasteiger charge is -2.34. The first kappa shape index (κ1) is 17.9. The van der Waals surface area contributed by atoms with Crippen LogP contribution in [0, 0.1) is 0 Å². The number of piperazine rings is 1. The van der Waals surface area contributed by atoms with Crippen molar-refractivity contribution in [1.82, 2.24) is 20.4 Å². The van der Waals surface area contributed by atoms with Gasteiger partial charge in [0.05, 0.1) is 13.2 Å². The lowest BCUT2D eigenvalue weighted by molar-refractivity contribution is 0.0930. The molecule has 0 saturated carbocycles. The molecule has 0 aromatic carbocycles. The lowest BCUT2D eigenvalue weighted by atomic mass is 10.3. The van der Waals surface area contributed by atoms with Crippen LogP contribution in [0.1, 0.15) is 17.4 Å². The van der Waals surface area contributed by atoms with Gasteiger partial charge in [-0.05, 0) is 19.1 Å². The van der Waals surface area contributed by atoms with E-state index in [1.807, 2.05) is 4.90 Å². The second kappa shape index (κ2) is 9.02. The molecule has 2 rings (SSSR count). The van der Waals surface area contributed by atoms with E-state index in [9.17, 15) is 9.59 Å². The number of amides is 2. The van der Waals surface area contributed by atoms with Crippen molar-refractivity contribution in [2.24, 2.45) is 0 Å². The topological polar surface area (TPSA) is 96.9 Å². The third kappa shape index (κ3) is 4.79. The number of rotatable bonds is 6. The number of carbonyl (C=O) groups is 2. The fourth-order valence-electron chi connectivity index (χ4n) is 2.31. The van der Waals surface area contributed by atoms with Gasteiger partial charge in [-0.3, -0.25) is 4.79 Å². The van der Waals surface area contributed by atoms with Crippen molar-refractivity contribution in [1.29, 1.82) is 0 Å². The van der Waals surface area contributed by atoms with E-state index in [0.717, 1.165) is 0 Å². The fourth-order valence-corrected chi connectivity index (χ4v) is 2.31. The zero-order chi connectivity index (χ0) is 17.4. The van der Waals surface area contributed by atoms with Gasteiger partial charge >= 0.3 is 6.09 Å². The summed E-state index contributed by atoms with van der Waals surface area (Å²) in [6.45, 7) is 5.46. The largest absolute Gasteiger partial charge is 0.450 e. The van der Waals surface area contributed by atoms with Crippen molar-refractivity contribution in [3.63, 3.8) is 0 Å². The zero-order valence-corrected chi connectivity index (χ0v) is 14.0. The van der Waals surface area contributed by atoms with E-state index in [-0.39, 0.29) is 17.7 Å². The Kier molecular flexibility index (Phi) is 6.74. The van der Waals surface area contributed by atoms with Crippen LogP contribution in [0.5, 0.6) is 0 Å². The van der Waals surface area contributed by atoms with Gasteiger partial charge in [0.25, 0.3) is 5.91 Å². The van der Waals surface area contributed by atoms with Crippen LogP contribution >= 0.6 is 0 Å². The van der Waals surface area contributed by atoms with Crippen LogP contribution in [0.15, 0.2) is 12.1 Å². The monoisotopic (exact) mass is 337 g/mol. The number of nitrogens with one attached hydrogen (secondary N) is 1. The Morgan fingerprint density at radius 3 is 2.54 bits per heavy atom. The van der Waals surface area contributed by atoms with E-state index >= 15 is 0 Å². The third-order valence-electron chi connectivity index (χ3n) is 3.60. The van der Waals surface area contributed by atoms with Gasteiger partial charge in [0.2, 0.25) is 0 Å². The van der Waals surface area contributed by atoms with Gasteiger partial charge in [-0.1, -0.05) is 0 Å². The summed E-state index contributed by atoms with van der Waals surface area (Å²) < 4.78 is 9.86. The normalized spacial score (nSPS) is 14.4. The second-order valence-electron chi connectivity index (χ2n) is 5.20. The summed E-state index contributed by atoms with van der Waals surface area (Å²) in [7, 11) is 1.57. The molecule has 1 N–H and O–H groups in total. The Morgan fingerprint density at radius 1 is 1.21 bits per heavy atom. The lowest BCUT2D eigenvalue weighted by Crippen LogP contribution is -2.49. The summed E-state index contributed by atoms with van der Waals surface area (Å²) in [5.74, 6) is 0.408. The first-order valence-corrected chi connectivity index (χ1v) is 7.93. The van der Waals surface area contributed by atoms with Crippen molar-refractivity contribution in [3.8, 4) is 0 Å². The minimum atomic E-state index is -0.286. The molecule has 132 valence electrons. The zero-order valence-electron chi connectivity index (χ0n) is 14.0. The Labute approximate surface area is 140 Å². The first-order chi connectivity index (χ1) is 11.7. The minimum absolute atomic E-state index is 0.264. The van der Waals surface area contributed by atoms with Crippen molar-refractivity contribution in [2.45, 2.75) is 6.92 Å². The molecule has 9 nitrogen and oxygen atoms in total. The molecule has 1 fully saturated rings. The average Bonchev–Trinajstić information content (AvgIpc) is 2.62. The molecule has 0 aliphatic carbocycles. The van der Waals surface area contributed by atoms with Gasteiger partial charge in [-0.2, -0.15) is 0 Å². The number of hydrogen-bond acceptors (Lipinski definition) is 7. The molecule has 2 amide bonds. The van der Waals surface area contributed by atoms with Crippen molar-refractivity contribution < 1.29 is 19.1 Å². The van der Waals surface area contributed by atoms with Gasteiger partial charge in [-0.15, -0.1) is 10.2 Å². The molecule has 0 spiro atoms. The van der Waals surface area contributed by atoms with E-state index in [1.54, 1.807) is 31.1 Å². The number of nitrogens with zero attached hydrogens (tertiary/aromatic N) is 4. The maximum atomic E-state index is 11.8. The van der Waals surface area contributed by atoms with Crippen LogP contribution in [-0.2, 0) is 9.47 Å². The molecule has 1 aromatic heterocycles. The molecule has 0 bridgehead atoms. The van der Waals surface area contributed by atoms with Gasteiger partial charge in [0, 0.05) is 39.8 Å². The number of hydrogen-bond donors (Lipinski definition) is 1. The molecule has 1 aliphatic heterocycles. The number of carbonyl (C=O) groups excluding carboxylic acids is 2. The number of aromatic nitrogens is 2. The molecular formula is C15H23N5O4. The molecule has 0 unspecified atom stereocenters. The average molecular weight is 337 g/mol. The fraction of sp³-hybridized carbons (Fsp3) is 0.600. The number of anilines is 1. The Balaban J connectivity index is 1.86. The molecule has 9 heteroatoms. The van der Waals surface area contributed by atoms with Gasteiger partial charge in [0.15, 0.2) is 11.5 Å². The Bertz CT molecular complexity index is 543. The van der Waals surface area contributed by atoms with Crippen LogP contribution in [-0.4, -0.2) is 80.1 Å². The molecular weight excluding hydrogens is 314 g/mol. The van der Waals surface area contributed by atoms with Crippen molar-refractivity contribution >= 4 is 17.8 Å². The Morgan fingerprint density at radius 2 is 1.96 bits per heavy atom. The smallest absolute Gasteiger partial charge is 0.409 e. The van der Waals surface area contributed by atoms with Crippen LogP contribution in [0.25, 0.3) is 0 Å². The summed E-state index contributed by atoms with van der Waals surface area (Å²) in [4.78, 5) is 27.2. The highest BCUT2D eigenvalue weighted by Crippen LogP contribution is 2.13. The van der Waals surface area contributed by atoms with E-state index < -0.39 is 0 Å². The highest BCUT2D eigenvalue weighted by Gasteiger charge is 2.23. The van der Waals surface area contributed by atoms with Gasteiger partial charge in [0.1, 0.15) is 0 Å². The molecule has 1 saturated heterocycles. The number of methoxy groups -OCH3 is 1. The molecule has 0 atom stereocenters. The number of ether oxygens (including phenoxy) is 2. The first-order valence-electron chi connectivity index (χ1n) is 7.93. The Hall–Kier alpha value is -2.42. The predicted molar refractivity (Wildman–Crippen MR) is 87.0 cm³/mol. The summed E-state index contributed by atoms with van der Waals surface area (Å²) in [6, 6.07) is 3.40. The predicted octanol–water partition coefficient (Wildman–Crippen LogP) is 0.131. The maximum absolute atomic E-state index is 11.8. The van der Waals surface area contributed by atoms with Crippen molar-refractivity contribution in [3.05, 3.63) is 17.8 Å². The summed E-state index contributed by atoms with van der Waals surface area (Å²) in [5, 5.41) is 10.8. The minimum Gasteiger partial charge on any atom is -0.450 e. The van der Waals surface area contributed by atoms with E-state index in [4.69, 9.17) is 9.47 Å². The summed E-state index contributed by atoms with van der Waals surface area (Å²) in [5.41, 5.74) is 0.264. The quantitative estimate of drug-likeness (QED) is 0.737. The molecule has 2 heterocycles. The molecule has 1 aliphatic rings. The van der Waals surface area contributed by atoms with E-state index in [1.165, 1.54) is 0 Å². The molecule has 0 radical (unpaired) electrons. The van der Waals surface area contributed by atoms with E-state index in [2.05, 4.69) is 15.5 Å². The van der Waals surface area contributed by atoms with Crippen LogP contribution < -0.4 is 10.2 Å². The SMILES string of the molecule is CCOC(=O)N1CCN(c2ccc(C(=O)NCCOC)nn2)CC1. The highest BCUT2D eigenvalue weighted by atomic mass is 16.6. The van der Waals surface area contributed by atoms with Crippen LogP contribution in [0.2, 0.25) is 0 Å². The maximum Gasteiger partial charge on any atom is 0.409 e. The molecule has 1 aromatic rings. The van der Waals surface area contributed by atoms with Crippen LogP contribution in [0.4, 0.5) is 10.6 Å². The standard InChI is InChI=1S/C15H23N5O4/c1-3-24-15(22)20-9-7-19(8-10-20)13-5-4-12(17-18-13)14(21)16-6-11-23-2/h4-5H,3,6-11H2,1-2H3,(H,16,21). The summed E-state index contributed by atoms with van der Waals surface area (Å²) >= 11 is 0. The highest BCUT2D eigenvalue weighted by molar-refractivity contribution is 5.92. The van der Waals surface area contributed by atoms with Crippen LogP contribution in [0.3, 0.4) is 0 Å². The van der Waals surface area contributed by atoms with E-state index in [0.29, 0.717) is 51.8 Å². The third-order valence-corrected chi connectivity index (χ3v) is 3.60. The molecule has 24 heavy (non-hydrogen) atoms. The van der Waals surface area contributed by atoms with Gasteiger partial charge < -0.3 is 24.6 Å². The summed E-state index contributed by atoms with van der Waals surface area (Å²) in [6.07, 6.45) is -0.286. The van der Waals surface area contributed by atoms with Gasteiger partial charge in [-0.25, -0.2) is 4.79 Å². The second-order valence-corrected chi connectivity index (χ2v) is 5.20. The van der Waals surface area contributed by atoms with Crippen molar-refractivity contribution in [2.75, 3.05) is 57.9 Å².